The SMILES string of the molecule is CCCn1c(=O)ccc2cc(N)cnc21. The number of hydrogen-bond donors (Lipinski definition) is 1. The fourth-order valence-corrected chi connectivity index (χ4v) is 1.63. The zero-order valence-electron chi connectivity index (χ0n) is 8.60. The Balaban J connectivity index is 2.76. The van der Waals surface area contributed by atoms with E-state index in [2.05, 4.69) is 4.98 Å². The number of aromatic nitrogens is 2. The highest BCUT2D eigenvalue weighted by Crippen LogP contribution is 2.12. The van der Waals surface area contributed by atoms with Gasteiger partial charge in [0.05, 0.1) is 11.9 Å². The molecule has 0 aromatic carbocycles. The molecule has 0 aliphatic heterocycles. The Hall–Kier alpha value is -1.84. The second kappa shape index (κ2) is 3.73. The molecule has 0 saturated carbocycles. The molecule has 2 aromatic heterocycles. The van der Waals surface area contributed by atoms with E-state index in [1.54, 1.807) is 22.9 Å². The molecular weight excluding hydrogens is 190 g/mol. The predicted octanol–water partition coefficient (Wildman–Crippen LogP) is 1.39. The minimum atomic E-state index is -0.0124. The van der Waals surface area contributed by atoms with E-state index in [-0.39, 0.29) is 5.56 Å². The summed E-state index contributed by atoms with van der Waals surface area (Å²) < 4.78 is 1.68. The number of nitrogen functional groups attached to an aromatic ring is 1. The average Bonchev–Trinajstić information content (AvgIpc) is 2.22. The fraction of sp³-hybridized carbons (Fsp3) is 0.273. The quantitative estimate of drug-likeness (QED) is 0.802. The number of nitrogens with zero attached hydrogens (tertiary/aromatic N) is 2. The minimum Gasteiger partial charge on any atom is -0.397 e. The van der Waals surface area contributed by atoms with Crippen LogP contribution in [0.2, 0.25) is 0 Å². The van der Waals surface area contributed by atoms with Crippen molar-refractivity contribution in [2.24, 2.45) is 0 Å². The van der Waals surface area contributed by atoms with Gasteiger partial charge in [0.25, 0.3) is 5.56 Å². The number of anilines is 1. The monoisotopic (exact) mass is 203 g/mol. The van der Waals surface area contributed by atoms with Crippen molar-refractivity contribution in [3.05, 3.63) is 34.7 Å². The predicted molar refractivity (Wildman–Crippen MR) is 60.7 cm³/mol. The molecule has 2 heterocycles. The summed E-state index contributed by atoms with van der Waals surface area (Å²) in [6.07, 6.45) is 2.49. The van der Waals surface area contributed by atoms with Crippen LogP contribution in [0.15, 0.2) is 29.2 Å². The number of hydrogen-bond acceptors (Lipinski definition) is 3. The van der Waals surface area contributed by atoms with Gasteiger partial charge in [-0.2, -0.15) is 0 Å². The van der Waals surface area contributed by atoms with Crippen LogP contribution < -0.4 is 11.3 Å². The van der Waals surface area contributed by atoms with Crippen LogP contribution in [0.5, 0.6) is 0 Å². The van der Waals surface area contributed by atoms with Gasteiger partial charge in [-0.05, 0) is 18.6 Å². The average molecular weight is 203 g/mol. The third-order valence-corrected chi connectivity index (χ3v) is 2.29. The highest BCUT2D eigenvalue weighted by molar-refractivity contribution is 5.77. The lowest BCUT2D eigenvalue weighted by molar-refractivity contribution is 0.672. The highest BCUT2D eigenvalue weighted by Gasteiger charge is 2.03. The van der Waals surface area contributed by atoms with E-state index in [1.807, 2.05) is 13.0 Å². The van der Waals surface area contributed by atoms with Crippen LogP contribution in [0.25, 0.3) is 11.0 Å². The third kappa shape index (κ3) is 1.70. The van der Waals surface area contributed by atoms with Gasteiger partial charge in [0.2, 0.25) is 0 Å². The molecule has 0 saturated heterocycles. The molecule has 0 aliphatic carbocycles. The number of aryl methyl sites for hydroxylation is 1. The van der Waals surface area contributed by atoms with Crippen LogP contribution in [0.4, 0.5) is 5.69 Å². The first-order chi connectivity index (χ1) is 7.22. The zero-order chi connectivity index (χ0) is 10.8. The first-order valence-corrected chi connectivity index (χ1v) is 4.97. The number of nitrogens with two attached hydrogens (primary N) is 1. The van der Waals surface area contributed by atoms with Crippen molar-refractivity contribution in [3.8, 4) is 0 Å². The molecule has 78 valence electrons. The molecule has 4 nitrogen and oxygen atoms in total. The molecule has 0 radical (unpaired) electrons. The third-order valence-electron chi connectivity index (χ3n) is 2.29. The van der Waals surface area contributed by atoms with Gasteiger partial charge < -0.3 is 5.73 Å². The minimum absolute atomic E-state index is 0.0124. The summed E-state index contributed by atoms with van der Waals surface area (Å²) in [6.45, 7) is 2.72. The molecule has 0 fully saturated rings. The molecule has 2 N–H and O–H groups in total. The molecule has 0 amide bonds. The Morgan fingerprint density at radius 1 is 1.47 bits per heavy atom. The highest BCUT2D eigenvalue weighted by atomic mass is 16.1. The van der Waals surface area contributed by atoms with E-state index in [9.17, 15) is 4.79 Å². The van der Waals surface area contributed by atoms with Crippen LogP contribution in [0.3, 0.4) is 0 Å². The summed E-state index contributed by atoms with van der Waals surface area (Å²) in [7, 11) is 0. The second-order valence-corrected chi connectivity index (χ2v) is 3.50. The maximum absolute atomic E-state index is 11.6. The number of rotatable bonds is 2. The lowest BCUT2D eigenvalue weighted by Gasteiger charge is -2.07. The standard InChI is InChI=1S/C11H13N3O/c1-2-5-14-10(15)4-3-8-6-9(12)7-13-11(8)14/h3-4,6-7H,2,5,12H2,1H3. The lowest BCUT2D eigenvalue weighted by atomic mass is 10.2. The van der Waals surface area contributed by atoms with Gasteiger partial charge in [-0.3, -0.25) is 9.36 Å². The molecule has 0 bridgehead atoms. The first kappa shape index (κ1) is 9.71. The van der Waals surface area contributed by atoms with E-state index in [4.69, 9.17) is 5.73 Å². The van der Waals surface area contributed by atoms with E-state index in [0.717, 1.165) is 11.8 Å². The van der Waals surface area contributed by atoms with E-state index >= 15 is 0 Å². The Labute approximate surface area is 87.4 Å². The van der Waals surface area contributed by atoms with Gasteiger partial charge in [0.1, 0.15) is 5.65 Å². The van der Waals surface area contributed by atoms with E-state index in [1.165, 1.54) is 0 Å². The number of fused-ring (bicyclic) bond motifs is 1. The smallest absolute Gasteiger partial charge is 0.252 e. The largest absolute Gasteiger partial charge is 0.397 e. The maximum Gasteiger partial charge on any atom is 0.252 e. The Bertz CT molecular complexity index is 545. The van der Waals surface area contributed by atoms with Crippen molar-refractivity contribution < 1.29 is 0 Å². The van der Waals surface area contributed by atoms with Crippen LogP contribution in [-0.2, 0) is 6.54 Å². The molecule has 2 rings (SSSR count). The number of pyridine rings is 2. The summed E-state index contributed by atoms with van der Waals surface area (Å²) in [5, 5.41) is 0.906. The lowest BCUT2D eigenvalue weighted by Crippen LogP contribution is -2.19. The van der Waals surface area contributed by atoms with Crippen molar-refractivity contribution in [1.29, 1.82) is 0 Å². The topological polar surface area (TPSA) is 60.9 Å². The molecule has 0 unspecified atom stereocenters. The van der Waals surface area contributed by atoms with Gasteiger partial charge >= 0.3 is 0 Å². The van der Waals surface area contributed by atoms with Gasteiger partial charge in [0.15, 0.2) is 0 Å². The van der Waals surface area contributed by atoms with Crippen molar-refractivity contribution in [1.82, 2.24) is 9.55 Å². The van der Waals surface area contributed by atoms with Crippen molar-refractivity contribution in [3.63, 3.8) is 0 Å². The van der Waals surface area contributed by atoms with Gasteiger partial charge in [-0.1, -0.05) is 6.92 Å². The summed E-state index contributed by atoms with van der Waals surface area (Å²) in [5.41, 5.74) is 6.95. The molecule has 0 atom stereocenters. The normalized spacial score (nSPS) is 10.7. The van der Waals surface area contributed by atoms with Crippen LogP contribution >= 0.6 is 0 Å². The summed E-state index contributed by atoms with van der Waals surface area (Å²) >= 11 is 0. The molecule has 0 aliphatic rings. The Morgan fingerprint density at radius 2 is 2.27 bits per heavy atom. The molecule has 4 heteroatoms. The molecule has 2 aromatic rings. The van der Waals surface area contributed by atoms with Gasteiger partial charge in [0, 0.05) is 18.0 Å². The Kier molecular flexibility index (Phi) is 2.41. The van der Waals surface area contributed by atoms with E-state index in [0.29, 0.717) is 17.9 Å². The summed E-state index contributed by atoms with van der Waals surface area (Å²) in [5.74, 6) is 0. The van der Waals surface area contributed by atoms with Crippen LogP contribution in [-0.4, -0.2) is 9.55 Å². The van der Waals surface area contributed by atoms with Gasteiger partial charge in [-0.15, -0.1) is 0 Å². The van der Waals surface area contributed by atoms with Crippen LogP contribution in [0, 0.1) is 0 Å². The summed E-state index contributed by atoms with van der Waals surface area (Å²) in [4.78, 5) is 15.8. The van der Waals surface area contributed by atoms with Crippen LogP contribution in [0.1, 0.15) is 13.3 Å². The van der Waals surface area contributed by atoms with E-state index < -0.39 is 0 Å². The molecule has 0 spiro atoms. The van der Waals surface area contributed by atoms with Crippen molar-refractivity contribution in [2.75, 3.05) is 5.73 Å². The molecular formula is C11H13N3O. The molecule has 15 heavy (non-hydrogen) atoms. The zero-order valence-corrected chi connectivity index (χ0v) is 8.60. The van der Waals surface area contributed by atoms with Crippen molar-refractivity contribution in [2.45, 2.75) is 19.9 Å². The van der Waals surface area contributed by atoms with Gasteiger partial charge in [-0.25, -0.2) is 4.98 Å². The first-order valence-electron chi connectivity index (χ1n) is 4.97. The summed E-state index contributed by atoms with van der Waals surface area (Å²) in [6, 6.07) is 5.14. The van der Waals surface area contributed by atoms with Crippen molar-refractivity contribution >= 4 is 16.7 Å². The Morgan fingerprint density at radius 3 is 3.00 bits per heavy atom. The maximum atomic E-state index is 11.6. The second-order valence-electron chi connectivity index (χ2n) is 3.50. The fourth-order valence-electron chi connectivity index (χ4n) is 1.63.